The van der Waals surface area contributed by atoms with Crippen LogP contribution in [0.25, 0.3) is 0 Å². The minimum absolute atomic E-state index is 0.0771. The lowest BCUT2D eigenvalue weighted by molar-refractivity contribution is 0.418. The lowest BCUT2D eigenvalue weighted by atomic mass is 9.86. The Balaban J connectivity index is 3.19. The van der Waals surface area contributed by atoms with Gasteiger partial charge in [-0.15, -0.1) is 0 Å². The van der Waals surface area contributed by atoms with Crippen molar-refractivity contribution in [2.24, 2.45) is 0 Å². The van der Waals surface area contributed by atoms with Crippen LogP contribution in [0.1, 0.15) is 33.3 Å². The third kappa shape index (κ3) is 3.46. The fraction of sp³-hybridized carbons (Fsp3) is 0.538. The largest absolute Gasteiger partial charge is 0.492 e. The maximum Gasteiger partial charge on any atom is 0.165 e. The van der Waals surface area contributed by atoms with Crippen LogP contribution in [0, 0.1) is 0 Å². The summed E-state index contributed by atoms with van der Waals surface area (Å²) in [7, 11) is 1.64. The van der Waals surface area contributed by atoms with Crippen LogP contribution >= 0.6 is 11.9 Å². The molecule has 1 aromatic carbocycles. The van der Waals surface area contributed by atoms with E-state index in [1.54, 1.807) is 19.1 Å². The average Bonchev–Trinajstić information content (AvgIpc) is 2.24. The molecule has 3 nitrogen and oxygen atoms in total. The van der Waals surface area contributed by atoms with E-state index in [0.717, 1.165) is 17.2 Å². The van der Waals surface area contributed by atoms with Gasteiger partial charge >= 0.3 is 0 Å². The predicted molar refractivity (Wildman–Crippen MR) is 77.9 cm³/mol. The number of rotatable bonds is 4. The molecule has 0 spiro atoms. The Bertz CT molecular complexity index is 386. The fourth-order valence-electron chi connectivity index (χ4n) is 1.54. The maximum absolute atomic E-state index is 6.03. The molecule has 0 bridgehead atoms. The summed E-state index contributed by atoms with van der Waals surface area (Å²) in [5.74, 6) is 1.71. The molecule has 0 amide bonds. The highest BCUT2D eigenvalue weighted by Gasteiger charge is 2.18. The number of nitrogens with one attached hydrogen (secondary N) is 1. The van der Waals surface area contributed by atoms with Crippen molar-refractivity contribution in [1.29, 1.82) is 0 Å². The second kappa shape index (κ2) is 5.54. The van der Waals surface area contributed by atoms with Crippen molar-refractivity contribution in [2.75, 3.05) is 23.3 Å². The topological polar surface area (TPSA) is 47.3 Å². The SMILES string of the molecule is CCSNc1cc(C(C)(C)C)cc(N)c1OC. The second-order valence-electron chi connectivity index (χ2n) is 4.93. The predicted octanol–water partition coefficient (Wildman–Crippen LogP) is 3.65. The first kappa shape index (κ1) is 14.0. The third-order valence-corrected chi connectivity index (χ3v) is 3.17. The van der Waals surface area contributed by atoms with Gasteiger partial charge in [-0.3, -0.25) is 0 Å². The van der Waals surface area contributed by atoms with Gasteiger partial charge in [-0.05, 0) is 23.1 Å². The van der Waals surface area contributed by atoms with E-state index in [0.29, 0.717) is 5.69 Å². The summed E-state index contributed by atoms with van der Waals surface area (Å²) in [6, 6.07) is 4.10. The zero-order valence-corrected chi connectivity index (χ0v) is 12.1. The van der Waals surface area contributed by atoms with E-state index < -0.39 is 0 Å². The molecule has 0 unspecified atom stereocenters. The zero-order valence-electron chi connectivity index (χ0n) is 11.3. The van der Waals surface area contributed by atoms with Crippen LogP contribution < -0.4 is 15.2 Å². The van der Waals surface area contributed by atoms with Gasteiger partial charge in [-0.2, -0.15) is 0 Å². The molecular formula is C13H22N2OS. The number of hydrogen-bond donors (Lipinski definition) is 2. The second-order valence-corrected chi connectivity index (χ2v) is 6.00. The molecule has 0 saturated carbocycles. The molecule has 0 aromatic heterocycles. The van der Waals surface area contributed by atoms with Gasteiger partial charge in [0.2, 0.25) is 0 Å². The van der Waals surface area contributed by atoms with Crippen LogP contribution in [0.2, 0.25) is 0 Å². The molecule has 0 aliphatic heterocycles. The first-order valence-corrected chi connectivity index (χ1v) is 6.74. The van der Waals surface area contributed by atoms with E-state index in [1.807, 2.05) is 6.07 Å². The number of benzene rings is 1. The number of nitrogen functional groups attached to an aromatic ring is 1. The minimum Gasteiger partial charge on any atom is -0.492 e. The van der Waals surface area contributed by atoms with E-state index in [9.17, 15) is 0 Å². The lowest BCUT2D eigenvalue weighted by Crippen LogP contribution is -2.12. The maximum atomic E-state index is 6.03. The summed E-state index contributed by atoms with van der Waals surface area (Å²) in [5, 5.41) is 0. The summed E-state index contributed by atoms with van der Waals surface area (Å²) < 4.78 is 8.62. The minimum atomic E-state index is 0.0771. The summed E-state index contributed by atoms with van der Waals surface area (Å²) in [6.45, 7) is 8.61. The van der Waals surface area contributed by atoms with Crippen molar-refractivity contribution < 1.29 is 4.74 Å². The van der Waals surface area contributed by atoms with Gasteiger partial charge in [0.25, 0.3) is 0 Å². The molecule has 0 aliphatic rings. The molecule has 17 heavy (non-hydrogen) atoms. The molecule has 0 heterocycles. The van der Waals surface area contributed by atoms with Gasteiger partial charge in [0.05, 0.1) is 18.5 Å². The van der Waals surface area contributed by atoms with Crippen LogP contribution in [0.4, 0.5) is 11.4 Å². The van der Waals surface area contributed by atoms with Crippen LogP contribution in [0.15, 0.2) is 12.1 Å². The molecular weight excluding hydrogens is 232 g/mol. The molecule has 0 fully saturated rings. The number of anilines is 2. The quantitative estimate of drug-likeness (QED) is 0.636. The van der Waals surface area contributed by atoms with Crippen LogP contribution in [-0.4, -0.2) is 12.9 Å². The lowest BCUT2D eigenvalue weighted by Gasteiger charge is -2.22. The van der Waals surface area contributed by atoms with E-state index in [4.69, 9.17) is 10.5 Å². The third-order valence-electron chi connectivity index (χ3n) is 2.51. The highest BCUT2D eigenvalue weighted by atomic mass is 32.2. The Hall–Kier alpha value is -1.03. The van der Waals surface area contributed by atoms with Gasteiger partial charge in [0.1, 0.15) is 0 Å². The summed E-state index contributed by atoms with van der Waals surface area (Å²) >= 11 is 1.63. The summed E-state index contributed by atoms with van der Waals surface area (Å²) in [6.07, 6.45) is 0. The molecule has 1 rings (SSSR count). The Kier molecular flexibility index (Phi) is 4.57. The Morgan fingerprint density at radius 2 is 2.00 bits per heavy atom. The van der Waals surface area contributed by atoms with Gasteiger partial charge in [0, 0.05) is 5.75 Å². The Labute approximate surface area is 108 Å². The molecule has 0 atom stereocenters. The van der Waals surface area contributed by atoms with Crippen molar-refractivity contribution in [2.45, 2.75) is 33.1 Å². The summed E-state index contributed by atoms with van der Waals surface area (Å²) in [4.78, 5) is 0. The van der Waals surface area contributed by atoms with E-state index in [-0.39, 0.29) is 5.41 Å². The molecule has 0 saturated heterocycles. The molecule has 96 valence electrons. The first-order chi connectivity index (χ1) is 7.90. The molecule has 4 heteroatoms. The van der Waals surface area contributed by atoms with E-state index >= 15 is 0 Å². The van der Waals surface area contributed by atoms with Gasteiger partial charge in [-0.1, -0.05) is 39.6 Å². The standard InChI is InChI=1S/C13H22N2OS/c1-6-17-15-11-8-9(13(2,3)4)7-10(14)12(11)16-5/h7-8,15H,6,14H2,1-5H3. The van der Waals surface area contributed by atoms with Crippen molar-refractivity contribution in [3.8, 4) is 5.75 Å². The van der Waals surface area contributed by atoms with Crippen LogP contribution in [0.5, 0.6) is 5.75 Å². The van der Waals surface area contributed by atoms with Crippen molar-refractivity contribution >= 4 is 23.3 Å². The molecule has 0 aliphatic carbocycles. The smallest absolute Gasteiger partial charge is 0.165 e. The molecule has 1 aromatic rings. The van der Waals surface area contributed by atoms with E-state index in [2.05, 4.69) is 38.5 Å². The summed E-state index contributed by atoms with van der Waals surface area (Å²) in [5.41, 5.74) is 8.94. The highest BCUT2D eigenvalue weighted by Crippen LogP contribution is 2.37. The fourth-order valence-corrected chi connectivity index (χ4v) is 1.99. The number of nitrogens with two attached hydrogens (primary N) is 1. The first-order valence-electron chi connectivity index (χ1n) is 5.76. The zero-order chi connectivity index (χ0) is 13.1. The van der Waals surface area contributed by atoms with E-state index in [1.165, 1.54) is 5.56 Å². The number of hydrogen-bond acceptors (Lipinski definition) is 4. The molecule has 3 N–H and O–H groups in total. The number of ether oxygens (including phenoxy) is 1. The molecule has 0 radical (unpaired) electrons. The Morgan fingerprint density at radius 1 is 1.35 bits per heavy atom. The van der Waals surface area contributed by atoms with Gasteiger partial charge in [0.15, 0.2) is 5.75 Å². The van der Waals surface area contributed by atoms with Gasteiger partial charge in [-0.25, -0.2) is 0 Å². The van der Waals surface area contributed by atoms with Crippen LogP contribution in [-0.2, 0) is 5.41 Å². The van der Waals surface area contributed by atoms with Crippen molar-refractivity contribution in [3.63, 3.8) is 0 Å². The Morgan fingerprint density at radius 3 is 2.47 bits per heavy atom. The normalized spacial score (nSPS) is 11.4. The monoisotopic (exact) mass is 254 g/mol. The highest BCUT2D eigenvalue weighted by molar-refractivity contribution is 8.00. The van der Waals surface area contributed by atoms with Gasteiger partial charge < -0.3 is 15.2 Å². The van der Waals surface area contributed by atoms with Crippen LogP contribution in [0.3, 0.4) is 0 Å². The number of methoxy groups -OCH3 is 1. The van der Waals surface area contributed by atoms with Crippen molar-refractivity contribution in [3.05, 3.63) is 17.7 Å². The average molecular weight is 254 g/mol. The van der Waals surface area contributed by atoms with Crippen molar-refractivity contribution in [1.82, 2.24) is 0 Å².